The number of allylic oxidation sites excluding steroid dienone is 3. The average molecular weight is 125 g/mol. The molecule has 1 N–H and O–H groups in total. The third kappa shape index (κ3) is 5.15. The van der Waals surface area contributed by atoms with E-state index in [1.54, 1.807) is 0 Å². The summed E-state index contributed by atoms with van der Waals surface area (Å²) in [6, 6.07) is 0. The Bertz CT molecular complexity index is 112. The summed E-state index contributed by atoms with van der Waals surface area (Å²) in [5.41, 5.74) is 1.40. The van der Waals surface area contributed by atoms with E-state index in [0.29, 0.717) is 0 Å². The molecule has 0 rings (SSSR count). The molecular weight excluding hydrogens is 110 g/mol. The lowest BCUT2D eigenvalue weighted by Crippen LogP contribution is -1.89. The third-order valence-corrected chi connectivity index (χ3v) is 1.20. The second-order valence-electron chi connectivity index (χ2n) is 2.01. The summed E-state index contributed by atoms with van der Waals surface area (Å²) in [6.45, 7) is 4.28. The maximum absolute atomic E-state index is 2.92. The Labute approximate surface area is 57.5 Å². The molecule has 0 heterocycles. The molecule has 0 amide bonds. The highest BCUT2D eigenvalue weighted by Gasteiger charge is 1.76. The normalized spacial score (nSPS) is 12.6. The zero-order chi connectivity index (χ0) is 7.11. The first-order valence-corrected chi connectivity index (χ1v) is 3.30. The number of hydrogen-bond donors (Lipinski definition) is 1. The van der Waals surface area contributed by atoms with Crippen LogP contribution in [0, 0.1) is 0 Å². The van der Waals surface area contributed by atoms with Crippen LogP contribution in [0.25, 0.3) is 0 Å². The Balaban J connectivity index is 3.55. The molecule has 0 aliphatic rings. The average Bonchev–Trinajstić information content (AvgIpc) is 1.89. The topological polar surface area (TPSA) is 12.0 Å². The van der Waals surface area contributed by atoms with E-state index in [2.05, 4.69) is 25.2 Å². The third-order valence-electron chi connectivity index (χ3n) is 1.20. The molecule has 0 spiro atoms. The van der Waals surface area contributed by atoms with Gasteiger partial charge >= 0.3 is 0 Å². The molecule has 0 aromatic carbocycles. The molecule has 0 unspecified atom stereocenters. The van der Waals surface area contributed by atoms with Crippen LogP contribution in [0.1, 0.15) is 20.3 Å². The van der Waals surface area contributed by atoms with Crippen LogP contribution in [0.4, 0.5) is 0 Å². The Kier molecular flexibility index (Phi) is 4.98. The quantitative estimate of drug-likeness (QED) is 0.569. The lowest BCUT2D eigenvalue weighted by Gasteiger charge is -1.88. The van der Waals surface area contributed by atoms with Gasteiger partial charge in [-0.15, -0.1) is 0 Å². The van der Waals surface area contributed by atoms with Crippen molar-refractivity contribution in [3.05, 3.63) is 23.9 Å². The standard InChI is InChI=1S/C8H15N/c1-4-8(2)6-5-7-9-3/h5-7,9H,4H2,1-3H3/b7-5-,8-6-. The highest BCUT2D eigenvalue weighted by Crippen LogP contribution is 1.96. The van der Waals surface area contributed by atoms with Gasteiger partial charge in [0.05, 0.1) is 0 Å². The van der Waals surface area contributed by atoms with Crippen molar-refractivity contribution in [1.29, 1.82) is 0 Å². The van der Waals surface area contributed by atoms with Gasteiger partial charge in [-0.3, -0.25) is 0 Å². The van der Waals surface area contributed by atoms with E-state index in [-0.39, 0.29) is 0 Å². The van der Waals surface area contributed by atoms with Gasteiger partial charge in [-0.1, -0.05) is 18.6 Å². The smallest absolute Gasteiger partial charge is 0.00277 e. The van der Waals surface area contributed by atoms with E-state index in [0.717, 1.165) is 6.42 Å². The van der Waals surface area contributed by atoms with Gasteiger partial charge in [0.1, 0.15) is 0 Å². The minimum Gasteiger partial charge on any atom is -0.394 e. The predicted molar refractivity (Wildman–Crippen MR) is 42.2 cm³/mol. The predicted octanol–water partition coefficient (Wildman–Crippen LogP) is 2.08. The molecule has 0 radical (unpaired) electrons. The van der Waals surface area contributed by atoms with Crippen molar-refractivity contribution in [2.45, 2.75) is 20.3 Å². The zero-order valence-electron chi connectivity index (χ0n) is 6.44. The van der Waals surface area contributed by atoms with Crippen molar-refractivity contribution < 1.29 is 0 Å². The fourth-order valence-corrected chi connectivity index (χ4v) is 0.426. The van der Waals surface area contributed by atoms with Crippen molar-refractivity contribution in [3.63, 3.8) is 0 Å². The van der Waals surface area contributed by atoms with Crippen LogP contribution in [-0.2, 0) is 0 Å². The van der Waals surface area contributed by atoms with E-state index in [9.17, 15) is 0 Å². The lowest BCUT2D eigenvalue weighted by atomic mass is 10.2. The van der Waals surface area contributed by atoms with Gasteiger partial charge in [-0.25, -0.2) is 0 Å². The second-order valence-corrected chi connectivity index (χ2v) is 2.01. The van der Waals surface area contributed by atoms with Gasteiger partial charge in [0.15, 0.2) is 0 Å². The molecule has 0 saturated heterocycles. The monoisotopic (exact) mass is 125 g/mol. The molecule has 0 fully saturated rings. The lowest BCUT2D eigenvalue weighted by molar-refractivity contribution is 1.08. The summed E-state index contributed by atoms with van der Waals surface area (Å²) in [7, 11) is 1.89. The van der Waals surface area contributed by atoms with E-state index in [4.69, 9.17) is 0 Å². The van der Waals surface area contributed by atoms with Crippen molar-refractivity contribution >= 4 is 0 Å². The van der Waals surface area contributed by atoms with Gasteiger partial charge in [-0.05, 0) is 25.6 Å². The van der Waals surface area contributed by atoms with Gasteiger partial charge in [0.25, 0.3) is 0 Å². The molecule has 0 aliphatic carbocycles. The summed E-state index contributed by atoms with van der Waals surface area (Å²) in [5, 5.41) is 2.92. The largest absolute Gasteiger partial charge is 0.394 e. The van der Waals surface area contributed by atoms with E-state index < -0.39 is 0 Å². The van der Waals surface area contributed by atoms with Crippen LogP contribution in [-0.4, -0.2) is 7.05 Å². The van der Waals surface area contributed by atoms with Crippen molar-refractivity contribution in [2.75, 3.05) is 7.05 Å². The highest BCUT2D eigenvalue weighted by molar-refractivity contribution is 5.08. The molecule has 0 aromatic heterocycles. The van der Waals surface area contributed by atoms with Crippen molar-refractivity contribution in [2.24, 2.45) is 0 Å². The molecule has 1 heteroatoms. The van der Waals surface area contributed by atoms with Gasteiger partial charge in [-0.2, -0.15) is 0 Å². The molecule has 9 heavy (non-hydrogen) atoms. The van der Waals surface area contributed by atoms with Crippen LogP contribution in [0.5, 0.6) is 0 Å². The van der Waals surface area contributed by atoms with Crippen LogP contribution in [0.3, 0.4) is 0 Å². The first kappa shape index (κ1) is 8.28. The first-order chi connectivity index (χ1) is 4.31. The minimum absolute atomic E-state index is 1.13. The summed E-state index contributed by atoms with van der Waals surface area (Å²) >= 11 is 0. The maximum atomic E-state index is 2.92. The van der Waals surface area contributed by atoms with Crippen LogP contribution >= 0.6 is 0 Å². The summed E-state index contributed by atoms with van der Waals surface area (Å²) in [6.07, 6.45) is 7.17. The summed E-state index contributed by atoms with van der Waals surface area (Å²) in [4.78, 5) is 0. The molecule has 0 aliphatic heterocycles. The maximum Gasteiger partial charge on any atom is 0.00277 e. The summed E-state index contributed by atoms with van der Waals surface area (Å²) in [5.74, 6) is 0. The molecule has 0 saturated carbocycles. The molecule has 0 bridgehead atoms. The molecule has 52 valence electrons. The fourth-order valence-electron chi connectivity index (χ4n) is 0.426. The highest BCUT2D eigenvalue weighted by atomic mass is 14.8. The molecule has 0 aromatic rings. The SMILES string of the molecule is CC/C(C)=C\C=C/NC. The molecule has 1 nitrogen and oxygen atoms in total. The Morgan fingerprint density at radius 3 is 2.67 bits per heavy atom. The van der Waals surface area contributed by atoms with E-state index >= 15 is 0 Å². The van der Waals surface area contributed by atoms with E-state index in [1.165, 1.54) is 5.57 Å². The molecule has 0 atom stereocenters. The van der Waals surface area contributed by atoms with Crippen LogP contribution < -0.4 is 5.32 Å². The van der Waals surface area contributed by atoms with Crippen LogP contribution in [0.15, 0.2) is 23.9 Å². The fraction of sp³-hybridized carbons (Fsp3) is 0.500. The number of nitrogens with one attached hydrogen (secondary N) is 1. The Morgan fingerprint density at radius 2 is 2.22 bits per heavy atom. The van der Waals surface area contributed by atoms with Gasteiger partial charge < -0.3 is 5.32 Å². The van der Waals surface area contributed by atoms with Gasteiger partial charge in [0.2, 0.25) is 0 Å². The Hall–Kier alpha value is -0.720. The number of rotatable bonds is 3. The zero-order valence-corrected chi connectivity index (χ0v) is 6.44. The van der Waals surface area contributed by atoms with Gasteiger partial charge in [0, 0.05) is 7.05 Å². The van der Waals surface area contributed by atoms with Crippen LogP contribution in [0.2, 0.25) is 0 Å². The molecular formula is C8H15N. The minimum atomic E-state index is 1.13. The number of hydrogen-bond acceptors (Lipinski definition) is 1. The van der Waals surface area contributed by atoms with Crippen molar-refractivity contribution in [3.8, 4) is 0 Å². The first-order valence-electron chi connectivity index (χ1n) is 3.30. The Morgan fingerprint density at radius 1 is 1.56 bits per heavy atom. The summed E-state index contributed by atoms with van der Waals surface area (Å²) < 4.78 is 0. The van der Waals surface area contributed by atoms with E-state index in [1.807, 2.05) is 19.3 Å². The van der Waals surface area contributed by atoms with Crippen molar-refractivity contribution in [1.82, 2.24) is 5.32 Å². The second kappa shape index (κ2) is 5.42.